The second-order valence-corrected chi connectivity index (χ2v) is 9.68. The van der Waals surface area contributed by atoms with Gasteiger partial charge in [0.25, 0.3) is 10.0 Å². The number of anilines is 2. The Kier molecular flexibility index (Phi) is 5.02. The molecule has 5 nitrogen and oxygen atoms in total. The summed E-state index contributed by atoms with van der Waals surface area (Å²) in [5, 5.41) is 4.77. The quantitative estimate of drug-likeness (QED) is 0.608. The number of nitrogens with one attached hydrogen (secondary N) is 1. The van der Waals surface area contributed by atoms with Crippen molar-refractivity contribution >= 4 is 38.5 Å². The first-order chi connectivity index (χ1) is 13.9. The number of hydrogen-bond donors (Lipinski definition) is 1. The molecule has 3 aromatic rings. The number of carbonyl (C=O) groups is 1. The van der Waals surface area contributed by atoms with E-state index in [0.29, 0.717) is 10.6 Å². The Morgan fingerprint density at radius 3 is 2.55 bits per heavy atom. The topological polar surface area (TPSA) is 66.5 Å². The van der Waals surface area contributed by atoms with Crippen LogP contribution < -0.4 is 9.62 Å². The van der Waals surface area contributed by atoms with E-state index in [-0.39, 0.29) is 11.4 Å². The van der Waals surface area contributed by atoms with E-state index in [1.165, 1.54) is 21.8 Å². The van der Waals surface area contributed by atoms with Crippen LogP contribution in [0.15, 0.2) is 71.1 Å². The molecule has 4 rings (SSSR count). The maximum Gasteiger partial charge on any atom is 0.270 e. The fraction of sp³-hybridized carbons (Fsp3) is 0.136. The lowest BCUT2D eigenvalue weighted by molar-refractivity contribution is 0.104. The highest BCUT2D eigenvalue weighted by Crippen LogP contribution is 2.39. The number of thiophene rings is 1. The molecule has 1 aromatic heterocycles. The number of hydrogen-bond acceptors (Lipinski definition) is 5. The maximum absolute atomic E-state index is 13.4. The van der Waals surface area contributed by atoms with E-state index in [4.69, 9.17) is 0 Å². The molecule has 1 aliphatic rings. The number of ketones is 1. The Balaban J connectivity index is 1.75. The number of benzene rings is 2. The summed E-state index contributed by atoms with van der Waals surface area (Å²) in [4.78, 5) is 13.1. The average Bonchev–Trinajstić information content (AvgIpc) is 3.17. The molecule has 7 heteroatoms. The van der Waals surface area contributed by atoms with Gasteiger partial charge in [-0.15, -0.1) is 11.3 Å². The van der Waals surface area contributed by atoms with Crippen LogP contribution in [0.25, 0.3) is 0 Å². The zero-order valence-corrected chi connectivity index (χ0v) is 17.7. The number of aryl methyl sites for hydroxylation is 2. The third-order valence-corrected chi connectivity index (χ3v) is 7.49. The van der Waals surface area contributed by atoms with E-state index in [2.05, 4.69) is 5.32 Å². The molecule has 0 amide bonds. The van der Waals surface area contributed by atoms with Gasteiger partial charge >= 0.3 is 0 Å². The van der Waals surface area contributed by atoms with Crippen molar-refractivity contribution < 1.29 is 13.2 Å². The summed E-state index contributed by atoms with van der Waals surface area (Å²) in [6.45, 7) is 4.09. The van der Waals surface area contributed by atoms with Gasteiger partial charge in [0.15, 0.2) is 4.91 Å². The van der Waals surface area contributed by atoms with Crippen molar-refractivity contribution in [3.8, 4) is 0 Å². The largest absolute Gasteiger partial charge is 0.360 e. The average molecular weight is 425 g/mol. The fourth-order valence-corrected chi connectivity index (χ4v) is 5.81. The molecule has 0 fully saturated rings. The smallest absolute Gasteiger partial charge is 0.270 e. The van der Waals surface area contributed by atoms with Gasteiger partial charge in [0.05, 0.1) is 12.2 Å². The third-order valence-electron chi connectivity index (χ3n) is 4.82. The number of fused-ring (bicyclic) bond motifs is 1. The van der Waals surface area contributed by atoms with Crippen molar-refractivity contribution in [3.05, 3.63) is 92.6 Å². The molecule has 0 spiro atoms. The molecule has 148 valence electrons. The summed E-state index contributed by atoms with van der Waals surface area (Å²) < 4.78 is 28.0. The van der Waals surface area contributed by atoms with Crippen LogP contribution in [0.5, 0.6) is 0 Å². The first-order valence-electron chi connectivity index (χ1n) is 9.11. The molecule has 0 atom stereocenters. The summed E-state index contributed by atoms with van der Waals surface area (Å²) in [5.41, 5.74) is 4.13. The van der Waals surface area contributed by atoms with Gasteiger partial charge in [0, 0.05) is 11.9 Å². The lowest BCUT2D eigenvalue weighted by atomic mass is 10.1. The number of rotatable bonds is 4. The number of carbonyl (C=O) groups excluding carboxylic acids is 1. The highest BCUT2D eigenvalue weighted by molar-refractivity contribution is 7.97. The van der Waals surface area contributed by atoms with Crippen molar-refractivity contribution in [3.63, 3.8) is 0 Å². The van der Waals surface area contributed by atoms with Crippen molar-refractivity contribution in [1.82, 2.24) is 0 Å². The molecule has 2 heterocycles. The minimum atomic E-state index is -4.00. The molecule has 0 bridgehead atoms. The summed E-state index contributed by atoms with van der Waals surface area (Å²) in [6, 6.07) is 16.8. The number of nitrogens with zero attached hydrogens (tertiary/aromatic N) is 1. The Hall–Kier alpha value is -2.90. The van der Waals surface area contributed by atoms with E-state index >= 15 is 0 Å². The van der Waals surface area contributed by atoms with Crippen LogP contribution in [0.3, 0.4) is 0 Å². The molecule has 0 saturated heterocycles. The molecule has 0 saturated carbocycles. The summed E-state index contributed by atoms with van der Waals surface area (Å²) in [5.74, 6) is -0.475. The van der Waals surface area contributed by atoms with Crippen molar-refractivity contribution in [1.29, 1.82) is 0 Å². The SMILES string of the molecule is Cc1ccc(N/C=C2/C(=O)c3sccc3N(Cc3ccccc3)S2(=O)=O)c(C)c1. The van der Waals surface area contributed by atoms with Gasteiger partial charge in [0.1, 0.15) is 4.88 Å². The van der Waals surface area contributed by atoms with Crippen LogP contribution >= 0.6 is 11.3 Å². The van der Waals surface area contributed by atoms with Crippen LogP contribution in [0.1, 0.15) is 26.4 Å². The molecular weight excluding hydrogens is 404 g/mol. The predicted octanol–water partition coefficient (Wildman–Crippen LogP) is 4.85. The lowest BCUT2D eigenvalue weighted by Crippen LogP contribution is -2.38. The minimum absolute atomic E-state index is 0.168. The predicted molar refractivity (Wildman–Crippen MR) is 118 cm³/mol. The zero-order chi connectivity index (χ0) is 20.6. The van der Waals surface area contributed by atoms with Crippen LogP contribution in [-0.4, -0.2) is 14.2 Å². The molecule has 2 aromatic carbocycles. The standard InChI is InChI=1S/C22H20N2O3S2/c1-15-8-9-18(16(2)12-15)23-13-20-21(25)22-19(10-11-28-22)24(29(20,26)27)14-17-6-4-3-5-7-17/h3-13,23H,14H2,1-2H3/b20-13-. The molecule has 29 heavy (non-hydrogen) atoms. The van der Waals surface area contributed by atoms with Crippen molar-refractivity contribution in [2.24, 2.45) is 0 Å². The minimum Gasteiger partial charge on any atom is -0.360 e. The van der Waals surface area contributed by atoms with Gasteiger partial charge in [-0.3, -0.25) is 9.10 Å². The molecule has 0 radical (unpaired) electrons. The zero-order valence-electron chi connectivity index (χ0n) is 16.0. The Bertz CT molecular complexity index is 1210. The van der Waals surface area contributed by atoms with Crippen molar-refractivity contribution in [2.75, 3.05) is 9.62 Å². The number of allylic oxidation sites excluding steroid dienone is 1. The van der Waals surface area contributed by atoms with Gasteiger partial charge in [-0.2, -0.15) is 0 Å². The maximum atomic E-state index is 13.4. The monoisotopic (exact) mass is 424 g/mol. The van der Waals surface area contributed by atoms with E-state index in [1.807, 2.05) is 62.4 Å². The number of Topliss-reactive ketones (excluding diaryl/α,β-unsaturated/α-hetero) is 1. The Labute approximate surface area is 174 Å². The fourth-order valence-electron chi connectivity index (χ4n) is 3.32. The van der Waals surface area contributed by atoms with Gasteiger partial charge in [0.2, 0.25) is 5.78 Å². The van der Waals surface area contributed by atoms with E-state index in [1.54, 1.807) is 11.4 Å². The van der Waals surface area contributed by atoms with Crippen LogP contribution in [0.2, 0.25) is 0 Å². The summed E-state index contributed by atoms with van der Waals surface area (Å²) in [6.07, 6.45) is 1.32. The molecule has 0 unspecified atom stereocenters. The first kappa shape index (κ1) is 19.4. The molecule has 0 aliphatic carbocycles. The van der Waals surface area contributed by atoms with Gasteiger partial charge < -0.3 is 5.32 Å². The van der Waals surface area contributed by atoms with Crippen LogP contribution in [0.4, 0.5) is 11.4 Å². The molecular formula is C22H20N2O3S2. The first-order valence-corrected chi connectivity index (χ1v) is 11.4. The molecule has 1 aliphatic heterocycles. The number of sulfonamides is 1. The lowest BCUT2D eigenvalue weighted by Gasteiger charge is -2.29. The van der Waals surface area contributed by atoms with Gasteiger partial charge in [-0.25, -0.2) is 8.42 Å². The van der Waals surface area contributed by atoms with Gasteiger partial charge in [-0.05, 0) is 42.5 Å². The summed E-state index contributed by atoms with van der Waals surface area (Å²) >= 11 is 1.25. The summed E-state index contributed by atoms with van der Waals surface area (Å²) in [7, 11) is -4.00. The second-order valence-electron chi connectivity index (χ2n) is 6.93. The Morgan fingerprint density at radius 1 is 1.07 bits per heavy atom. The van der Waals surface area contributed by atoms with Crippen LogP contribution in [-0.2, 0) is 16.6 Å². The molecule has 1 N–H and O–H groups in total. The normalized spacial score (nSPS) is 16.7. The highest BCUT2D eigenvalue weighted by Gasteiger charge is 2.41. The van der Waals surface area contributed by atoms with E-state index in [0.717, 1.165) is 22.4 Å². The third kappa shape index (κ3) is 3.59. The second kappa shape index (κ2) is 7.50. The van der Waals surface area contributed by atoms with Crippen molar-refractivity contribution in [2.45, 2.75) is 20.4 Å². The highest BCUT2D eigenvalue weighted by atomic mass is 32.2. The van der Waals surface area contributed by atoms with E-state index in [9.17, 15) is 13.2 Å². The van der Waals surface area contributed by atoms with Gasteiger partial charge in [-0.1, -0.05) is 48.0 Å². The van der Waals surface area contributed by atoms with E-state index < -0.39 is 15.8 Å². The van der Waals surface area contributed by atoms with Crippen LogP contribution in [0, 0.1) is 13.8 Å². The Morgan fingerprint density at radius 2 is 1.83 bits per heavy atom.